The van der Waals surface area contributed by atoms with Crippen molar-refractivity contribution in [3.63, 3.8) is 0 Å². The second-order valence-electron chi connectivity index (χ2n) is 7.09. The van der Waals surface area contributed by atoms with Crippen LogP contribution in [0, 0.1) is 0 Å². The number of hydrogen-bond acceptors (Lipinski definition) is 7. The fourth-order valence-electron chi connectivity index (χ4n) is 3.67. The number of ether oxygens (including phenoxy) is 1. The molecule has 0 amide bonds. The van der Waals surface area contributed by atoms with Gasteiger partial charge in [0.15, 0.2) is 6.23 Å². The Morgan fingerprint density at radius 1 is 1.23 bits per heavy atom. The lowest BCUT2D eigenvalue weighted by Gasteiger charge is -2.48. The lowest BCUT2D eigenvalue weighted by molar-refractivity contribution is -0.0439. The summed E-state index contributed by atoms with van der Waals surface area (Å²) in [5.74, 6) is 0.715. The van der Waals surface area contributed by atoms with Gasteiger partial charge in [0, 0.05) is 30.8 Å². The monoisotopic (exact) mass is 421 g/mol. The van der Waals surface area contributed by atoms with E-state index < -0.39 is 6.23 Å². The van der Waals surface area contributed by atoms with Gasteiger partial charge in [-0.1, -0.05) is 0 Å². The number of pyridine rings is 1. The average molecular weight is 422 g/mol. The molecule has 0 saturated carbocycles. The van der Waals surface area contributed by atoms with Crippen LogP contribution >= 0.6 is 15.9 Å². The predicted molar refractivity (Wildman–Crippen MR) is 105 cm³/mol. The van der Waals surface area contributed by atoms with Crippen LogP contribution in [0.1, 0.15) is 0 Å². The Morgan fingerprint density at radius 3 is 2.62 bits per heavy atom. The normalized spacial score (nSPS) is 29.3. The highest BCUT2D eigenvalue weighted by Crippen LogP contribution is 2.26. The maximum Gasteiger partial charge on any atom is 0.167 e. The maximum absolute atomic E-state index is 10.3. The minimum absolute atomic E-state index is 0.433. The van der Waals surface area contributed by atoms with Gasteiger partial charge in [-0.25, -0.2) is 4.98 Å². The molecule has 1 aromatic rings. The minimum Gasteiger partial charge on any atom is -0.378 e. The molecule has 8 heteroatoms. The van der Waals surface area contributed by atoms with Gasteiger partial charge < -0.3 is 25.0 Å². The number of hydrogen-bond donors (Lipinski definition) is 2. The first-order chi connectivity index (χ1) is 12.5. The first-order valence-corrected chi connectivity index (χ1v) is 9.57. The average Bonchev–Trinajstić information content (AvgIpc) is 2.60. The topological polar surface area (TPSA) is 64.1 Å². The van der Waals surface area contributed by atoms with Crippen molar-refractivity contribution in [1.82, 2.24) is 14.8 Å². The van der Waals surface area contributed by atoms with E-state index in [1.807, 2.05) is 31.6 Å². The molecular weight excluding hydrogens is 398 g/mol. The zero-order chi connectivity index (χ0) is 18.3. The summed E-state index contributed by atoms with van der Waals surface area (Å²) in [6, 6.07) is 4.91. The second kappa shape index (κ2) is 7.19. The number of halogens is 1. The molecule has 2 fully saturated rings. The third kappa shape index (κ3) is 3.46. The molecule has 4 heterocycles. The van der Waals surface area contributed by atoms with E-state index in [1.54, 1.807) is 4.90 Å². The molecule has 2 bridgehead atoms. The number of rotatable bonds is 3. The Morgan fingerprint density at radius 2 is 1.96 bits per heavy atom. The zero-order valence-corrected chi connectivity index (χ0v) is 16.6. The zero-order valence-electron chi connectivity index (χ0n) is 15.0. The molecule has 7 nitrogen and oxygen atoms in total. The second-order valence-corrected chi connectivity index (χ2v) is 8.01. The van der Waals surface area contributed by atoms with Gasteiger partial charge >= 0.3 is 0 Å². The Balaban J connectivity index is 1.45. The standard InChI is InChI=1S/C18H24BrN5O2/c1-22-7-12(19)5-16(18(22)25)21-17-4-3-13(6-20-17)24-8-14-10-26-11-15(9-24)23(14)2/h3-7,14-15,18,25H,8-11H2,1-2H3,(H,20,21). The SMILES string of the molecule is CN1C=C(Br)C=C(Nc2ccc(N3CC4COCC(C3)N4C)cn2)C1O. The van der Waals surface area contributed by atoms with Crippen LogP contribution < -0.4 is 10.2 Å². The number of piperazine rings is 1. The number of aromatic nitrogens is 1. The summed E-state index contributed by atoms with van der Waals surface area (Å²) in [6.45, 7) is 3.48. The van der Waals surface area contributed by atoms with Crippen LogP contribution in [0.15, 0.2) is 40.8 Å². The molecule has 140 valence electrons. The lowest BCUT2D eigenvalue weighted by Crippen LogP contribution is -2.63. The smallest absolute Gasteiger partial charge is 0.167 e. The van der Waals surface area contributed by atoms with E-state index in [1.165, 1.54) is 0 Å². The Hall–Kier alpha value is -1.61. The van der Waals surface area contributed by atoms with Crippen molar-refractivity contribution in [2.24, 2.45) is 0 Å². The first-order valence-electron chi connectivity index (χ1n) is 8.78. The molecule has 26 heavy (non-hydrogen) atoms. The van der Waals surface area contributed by atoms with Gasteiger partial charge in [-0.3, -0.25) is 4.90 Å². The summed E-state index contributed by atoms with van der Waals surface area (Å²) in [7, 11) is 4.01. The molecule has 1 aromatic heterocycles. The number of aliphatic hydroxyl groups excluding tert-OH is 1. The highest BCUT2D eigenvalue weighted by molar-refractivity contribution is 9.11. The van der Waals surface area contributed by atoms with E-state index in [0.717, 1.165) is 36.5 Å². The molecule has 3 aliphatic heterocycles. The first kappa shape index (κ1) is 17.8. The molecule has 2 saturated heterocycles. The van der Waals surface area contributed by atoms with Gasteiger partial charge in [-0.05, 0) is 41.2 Å². The van der Waals surface area contributed by atoms with E-state index in [9.17, 15) is 5.11 Å². The number of nitrogens with one attached hydrogen (secondary N) is 1. The largest absolute Gasteiger partial charge is 0.378 e. The number of aliphatic hydroxyl groups is 1. The van der Waals surface area contributed by atoms with Gasteiger partial charge in [0.05, 0.1) is 42.9 Å². The van der Waals surface area contributed by atoms with Crippen LogP contribution in [0.2, 0.25) is 0 Å². The quantitative estimate of drug-likeness (QED) is 0.764. The molecule has 0 aliphatic carbocycles. The van der Waals surface area contributed by atoms with Crippen molar-refractivity contribution in [2.75, 3.05) is 50.6 Å². The van der Waals surface area contributed by atoms with Gasteiger partial charge in [0.25, 0.3) is 0 Å². The molecule has 2 N–H and O–H groups in total. The van der Waals surface area contributed by atoms with Crippen molar-refractivity contribution in [3.8, 4) is 0 Å². The predicted octanol–water partition coefficient (Wildman–Crippen LogP) is 1.40. The van der Waals surface area contributed by atoms with Crippen LogP contribution in [-0.2, 0) is 4.74 Å². The lowest BCUT2D eigenvalue weighted by atomic mass is 10.1. The Kier molecular flexibility index (Phi) is 4.92. The molecule has 0 radical (unpaired) electrons. The van der Waals surface area contributed by atoms with Gasteiger partial charge in [-0.2, -0.15) is 0 Å². The van der Waals surface area contributed by atoms with Crippen LogP contribution in [0.25, 0.3) is 0 Å². The molecule has 4 rings (SSSR count). The van der Waals surface area contributed by atoms with Crippen molar-refractivity contribution in [2.45, 2.75) is 18.3 Å². The van der Waals surface area contributed by atoms with Crippen LogP contribution in [0.5, 0.6) is 0 Å². The Bertz CT molecular complexity index is 709. The maximum atomic E-state index is 10.3. The molecule has 0 spiro atoms. The van der Waals surface area contributed by atoms with Gasteiger partial charge in [-0.15, -0.1) is 0 Å². The number of allylic oxidation sites excluding steroid dienone is 2. The summed E-state index contributed by atoms with van der Waals surface area (Å²) in [6.07, 6.45) is 4.88. The molecular formula is C18H24BrN5O2. The molecule has 3 atom stereocenters. The molecule has 3 aliphatic rings. The van der Waals surface area contributed by atoms with Crippen molar-refractivity contribution >= 4 is 27.4 Å². The van der Waals surface area contributed by atoms with Crippen molar-refractivity contribution in [1.29, 1.82) is 0 Å². The fraction of sp³-hybridized carbons (Fsp3) is 0.500. The minimum atomic E-state index is -0.713. The van der Waals surface area contributed by atoms with Crippen LogP contribution in [0.3, 0.4) is 0 Å². The van der Waals surface area contributed by atoms with Crippen molar-refractivity contribution in [3.05, 3.63) is 40.8 Å². The summed E-state index contributed by atoms with van der Waals surface area (Å²) < 4.78 is 6.58. The fourth-order valence-corrected chi connectivity index (χ4v) is 4.24. The van der Waals surface area contributed by atoms with Gasteiger partial charge in [0.2, 0.25) is 0 Å². The van der Waals surface area contributed by atoms with E-state index in [0.29, 0.717) is 23.6 Å². The van der Waals surface area contributed by atoms with E-state index in [-0.39, 0.29) is 0 Å². The number of anilines is 2. The summed E-state index contributed by atoms with van der Waals surface area (Å²) in [4.78, 5) is 11.1. The number of nitrogens with zero attached hydrogens (tertiary/aromatic N) is 4. The number of morpholine rings is 1. The number of likely N-dealkylation sites (N-methyl/N-ethyl adjacent to an activating group) is 2. The van der Waals surface area contributed by atoms with E-state index in [2.05, 4.69) is 49.1 Å². The molecule has 0 aromatic carbocycles. The van der Waals surface area contributed by atoms with E-state index in [4.69, 9.17) is 4.74 Å². The van der Waals surface area contributed by atoms with Crippen molar-refractivity contribution < 1.29 is 9.84 Å². The number of fused-ring (bicyclic) bond motifs is 2. The van der Waals surface area contributed by atoms with Crippen LogP contribution in [-0.4, -0.2) is 78.6 Å². The van der Waals surface area contributed by atoms with Crippen LogP contribution in [0.4, 0.5) is 11.5 Å². The summed E-state index contributed by atoms with van der Waals surface area (Å²) in [5.41, 5.74) is 1.81. The molecule has 3 unspecified atom stereocenters. The highest BCUT2D eigenvalue weighted by atomic mass is 79.9. The third-order valence-electron chi connectivity index (χ3n) is 5.30. The van der Waals surface area contributed by atoms with E-state index >= 15 is 0 Å². The van der Waals surface area contributed by atoms with Gasteiger partial charge in [0.1, 0.15) is 5.82 Å². The summed E-state index contributed by atoms with van der Waals surface area (Å²) in [5, 5.41) is 13.5. The highest BCUT2D eigenvalue weighted by Gasteiger charge is 2.35. The Labute approximate surface area is 162 Å². The summed E-state index contributed by atoms with van der Waals surface area (Å²) >= 11 is 3.45. The third-order valence-corrected chi connectivity index (χ3v) is 5.74.